The molecular formula is C12H19N3O. The average Bonchev–Trinajstić information content (AvgIpc) is 2.97. The van der Waals surface area contributed by atoms with E-state index in [1.54, 1.807) is 0 Å². The van der Waals surface area contributed by atoms with Crippen molar-refractivity contribution < 1.29 is 4.74 Å². The highest BCUT2D eigenvalue weighted by Crippen LogP contribution is 2.32. The molecule has 2 aliphatic rings. The van der Waals surface area contributed by atoms with Crippen LogP contribution in [0.25, 0.3) is 0 Å². The van der Waals surface area contributed by atoms with Gasteiger partial charge in [-0.25, -0.2) is 4.68 Å². The van der Waals surface area contributed by atoms with Crippen molar-refractivity contribution in [2.24, 2.45) is 0 Å². The molecule has 0 saturated carbocycles. The molecule has 0 amide bonds. The summed E-state index contributed by atoms with van der Waals surface area (Å²) in [6, 6.07) is 2.61. The van der Waals surface area contributed by atoms with Crippen molar-refractivity contribution in [3.63, 3.8) is 0 Å². The lowest BCUT2D eigenvalue weighted by atomic mass is 10.0. The third kappa shape index (κ3) is 1.61. The summed E-state index contributed by atoms with van der Waals surface area (Å²) in [5, 5.41) is 8.09. The molecule has 3 rings (SSSR count). The maximum atomic E-state index is 5.80. The van der Waals surface area contributed by atoms with Crippen LogP contribution in [0.1, 0.15) is 37.9 Å². The van der Waals surface area contributed by atoms with E-state index in [1.165, 1.54) is 24.4 Å². The van der Waals surface area contributed by atoms with Crippen LogP contribution in [0.5, 0.6) is 0 Å². The van der Waals surface area contributed by atoms with Gasteiger partial charge >= 0.3 is 0 Å². The Bertz CT molecular complexity index is 368. The minimum Gasteiger partial charge on any atom is -0.376 e. The van der Waals surface area contributed by atoms with Gasteiger partial charge in [0.25, 0.3) is 0 Å². The van der Waals surface area contributed by atoms with E-state index in [4.69, 9.17) is 4.74 Å². The van der Waals surface area contributed by atoms with Gasteiger partial charge < -0.3 is 10.1 Å². The number of rotatable bonds is 2. The van der Waals surface area contributed by atoms with Crippen LogP contribution < -0.4 is 5.32 Å². The molecular weight excluding hydrogens is 202 g/mol. The first-order valence-electron chi connectivity index (χ1n) is 6.32. The topological polar surface area (TPSA) is 39.1 Å². The summed E-state index contributed by atoms with van der Waals surface area (Å²) >= 11 is 0. The van der Waals surface area contributed by atoms with E-state index >= 15 is 0 Å². The Hall–Kier alpha value is -1.03. The van der Waals surface area contributed by atoms with Gasteiger partial charge in [-0.1, -0.05) is 6.92 Å². The summed E-state index contributed by atoms with van der Waals surface area (Å²) < 4.78 is 7.95. The third-order valence-electron chi connectivity index (χ3n) is 3.60. The molecule has 2 unspecified atom stereocenters. The molecule has 1 N–H and O–H groups in total. The van der Waals surface area contributed by atoms with Crippen molar-refractivity contribution in [1.82, 2.24) is 9.78 Å². The zero-order chi connectivity index (χ0) is 11.0. The first kappa shape index (κ1) is 10.1. The number of ether oxygens (including phenoxy) is 1. The lowest BCUT2D eigenvalue weighted by Crippen LogP contribution is -2.31. The van der Waals surface area contributed by atoms with Crippen molar-refractivity contribution in [3.8, 4) is 0 Å². The van der Waals surface area contributed by atoms with Gasteiger partial charge in [0.2, 0.25) is 0 Å². The van der Waals surface area contributed by atoms with E-state index in [2.05, 4.69) is 28.1 Å². The fourth-order valence-electron chi connectivity index (χ4n) is 2.72. The molecule has 0 radical (unpaired) electrons. The highest BCUT2D eigenvalue weighted by atomic mass is 16.5. The standard InChI is InChI=1S/C12H19N3O/c1-2-9-8-12-13-6-5-10(15(12)14-9)11-4-3-7-16-11/h8,10-11,13H,2-7H2,1H3. The van der Waals surface area contributed by atoms with E-state index in [9.17, 15) is 0 Å². The fraction of sp³-hybridized carbons (Fsp3) is 0.750. The zero-order valence-corrected chi connectivity index (χ0v) is 9.78. The van der Waals surface area contributed by atoms with Gasteiger partial charge in [-0.05, 0) is 25.7 Å². The Morgan fingerprint density at radius 3 is 3.25 bits per heavy atom. The Labute approximate surface area is 96.0 Å². The molecule has 1 aromatic rings. The maximum absolute atomic E-state index is 5.80. The van der Waals surface area contributed by atoms with E-state index < -0.39 is 0 Å². The number of nitrogens with one attached hydrogen (secondary N) is 1. The Morgan fingerprint density at radius 1 is 1.56 bits per heavy atom. The largest absolute Gasteiger partial charge is 0.376 e. The molecule has 1 aromatic heterocycles. The van der Waals surface area contributed by atoms with Gasteiger partial charge in [-0.15, -0.1) is 0 Å². The molecule has 2 aliphatic heterocycles. The molecule has 4 heteroatoms. The Balaban J connectivity index is 1.89. The Kier molecular flexibility index (Phi) is 2.59. The van der Waals surface area contributed by atoms with Crippen LogP contribution >= 0.6 is 0 Å². The van der Waals surface area contributed by atoms with Crippen LogP contribution in [-0.2, 0) is 11.2 Å². The smallest absolute Gasteiger partial charge is 0.124 e. The van der Waals surface area contributed by atoms with Crippen LogP contribution in [-0.4, -0.2) is 29.0 Å². The van der Waals surface area contributed by atoms with Gasteiger partial charge in [0.1, 0.15) is 5.82 Å². The van der Waals surface area contributed by atoms with Gasteiger partial charge in [-0.3, -0.25) is 0 Å². The normalized spacial score (nSPS) is 28.8. The summed E-state index contributed by atoms with van der Waals surface area (Å²) in [6.07, 6.45) is 4.89. The van der Waals surface area contributed by atoms with Gasteiger partial charge in [0.15, 0.2) is 0 Å². The second kappa shape index (κ2) is 4.09. The predicted molar refractivity (Wildman–Crippen MR) is 62.7 cm³/mol. The molecule has 3 heterocycles. The van der Waals surface area contributed by atoms with Crippen LogP contribution in [0.4, 0.5) is 5.82 Å². The van der Waals surface area contributed by atoms with Gasteiger partial charge in [-0.2, -0.15) is 5.10 Å². The van der Waals surface area contributed by atoms with E-state index in [0.29, 0.717) is 12.1 Å². The van der Waals surface area contributed by atoms with E-state index in [1.807, 2.05) is 0 Å². The minimum atomic E-state index is 0.380. The molecule has 0 aliphatic carbocycles. The van der Waals surface area contributed by atoms with E-state index in [0.717, 1.165) is 26.0 Å². The fourth-order valence-corrected chi connectivity index (χ4v) is 2.72. The molecule has 2 atom stereocenters. The number of hydrogen-bond acceptors (Lipinski definition) is 3. The second-order valence-corrected chi connectivity index (χ2v) is 4.65. The summed E-state index contributed by atoms with van der Waals surface area (Å²) in [6.45, 7) is 4.11. The first-order chi connectivity index (χ1) is 7.88. The average molecular weight is 221 g/mol. The molecule has 88 valence electrons. The number of anilines is 1. The lowest BCUT2D eigenvalue weighted by Gasteiger charge is -2.29. The summed E-state index contributed by atoms with van der Waals surface area (Å²) in [5.41, 5.74) is 1.17. The van der Waals surface area contributed by atoms with Crippen LogP contribution in [0.3, 0.4) is 0 Å². The highest BCUT2D eigenvalue weighted by molar-refractivity contribution is 5.39. The van der Waals surface area contributed by atoms with Crippen molar-refractivity contribution in [3.05, 3.63) is 11.8 Å². The number of aromatic nitrogens is 2. The van der Waals surface area contributed by atoms with Crippen molar-refractivity contribution in [2.45, 2.75) is 44.8 Å². The van der Waals surface area contributed by atoms with Crippen molar-refractivity contribution in [2.75, 3.05) is 18.5 Å². The van der Waals surface area contributed by atoms with Crippen molar-refractivity contribution >= 4 is 5.82 Å². The number of aryl methyl sites for hydroxylation is 1. The molecule has 0 bridgehead atoms. The molecule has 1 fully saturated rings. The first-order valence-corrected chi connectivity index (χ1v) is 6.32. The summed E-state index contributed by atoms with van der Waals surface area (Å²) in [5.74, 6) is 1.17. The second-order valence-electron chi connectivity index (χ2n) is 4.65. The molecule has 4 nitrogen and oxygen atoms in total. The highest BCUT2D eigenvalue weighted by Gasteiger charge is 2.31. The maximum Gasteiger partial charge on any atom is 0.124 e. The van der Waals surface area contributed by atoms with Crippen LogP contribution in [0.2, 0.25) is 0 Å². The van der Waals surface area contributed by atoms with Crippen molar-refractivity contribution in [1.29, 1.82) is 0 Å². The summed E-state index contributed by atoms with van der Waals surface area (Å²) in [4.78, 5) is 0. The quantitative estimate of drug-likeness (QED) is 0.830. The van der Waals surface area contributed by atoms with E-state index in [-0.39, 0.29) is 0 Å². The predicted octanol–water partition coefficient (Wildman–Crippen LogP) is 1.98. The molecule has 16 heavy (non-hydrogen) atoms. The molecule has 0 spiro atoms. The summed E-state index contributed by atoms with van der Waals surface area (Å²) in [7, 11) is 0. The number of hydrogen-bond donors (Lipinski definition) is 1. The Morgan fingerprint density at radius 2 is 2.50 bits per heavy atom. The molecule has 0 aromatic carbocycles. The lowest BCUT2D eigenvalue weighted by molar-refractivity contribution is 0.0590. The SMILES string of the molecule is CCc1cc2n(n1)C(C1CCCO1)CCN2. The zero-order valence-electron chi connectivity index (χ0n) is 9.78. The third-order valence-corrected chi connectivity index (χ3v) is 3.60. The molecule has 1 saturated heterocycles. The number of nitrogens with zero attached hydrogens (tertiary/aromatic N) is 2. The van der Waals surface area contributed by atoms with Crippen LogP contribution in [0, 0.1) is 0 Å². The monoisotopic (exact) mass is 221 g/mol. The van der Waals surface area contributed by atoms with Gasteiger partial charge in [0, 0.05) is 19.2 Å². The minimum absolute atomic E-state index is 0.380. The van der Waals surface area contributed by atoms with Crippen LogP contribution in [0.15, 0.2) is 6.07 Å². The van der Waals surface area contributed by atoms with Gasteiger partial charge in [0.05, 0.1) is 17.8 Å². The number of fused-ring (bicyclic) bond motifs is 1.